The second-order valence-corrected chi connectivity index (χ2v) is 8.37. The molecule has 0 spiro atoms. The van der Waals surface area contributed by atoms with Gasteiger partial charge < -0.3 is 16.0 Å². The summed E-state index contributed by atoms with van der Waals surface area (Å²) in [4.78, 5) is 25.5. The molecule has 0 aliphatic heterocycles. The van der Waals surface area contributed by atoms with E-state index in [4.69, 9.17) is 5.73 Å². The molecule has 0 atom stereocenters. The zero-order chi connectivity index (χ0) is 20.5. The summed E-state index contributed by atoms with van der Waals surface area (Å²) < 4.78 is 0.700. The fourth-order valence-corrected chi connectivity index (χ4v) is 4.19. The lowest BCUT2D eigenvalue weighted by atomic mass is 10.2. The number of hydrogen-bond acceptors (Lipinski definition) is 7. The molecule has 3 N–H and O–H groups in total. The minimum atomic E-state index is -0.427. The van der Waals surface area contributed by atoms with Crippen molar-refractivity contribution in [1.82, 2.24) is 15.1 Å². The number of rotatable bonds is 10. The zero-order valence-corrected chi connectivity index (χ0v) is 17.3. The van der Waals surface area contributed by atoms with Gasteiger partial charge in [-0.05, 0) is 17.7 Å². The minimum absolute atomic E-state index is 0.0760. The van der Waals surface area contributed by atoms with Gasteiger partial charge in [0.2, 0.25) is 16.9 Å². The summed E-state index contributed by atoms with van der Waals surface area (Å²) in [5.41, 5.74) is 7.19. The maximum Gasteiger partial charge on any atom is 0.233 e. The third-order valence-corrected chi connectivity index (χ3v) is 5.90. The Bertz CT molecular complexity index is 934. The van der Waals surface area contributed by atoms with Gasteiger partial charge in [-0.25, -0.2) is 0 Å². The molecule has 0 fully saturated rings. The highest BCUT2D eigenvalue weighted by atomic mass is 32.2. The number of benzene rings is 2. The molecule has 3 aromatic rings. The molecule has 150 valence electrons. The van der Waals surface area contributed by atoms with E-state index in [1.807, 2.05) is 60.7 Å². The number of hydrogen-bond donors (Lipinski definition) is 2. The summed E-state index contributed by atoms with van der Waals surface area (Å²) in [5.74, 6) is -0.289. The highest BCUT2D eigenvalue weighted by molar-refractivity contribution is 8.01. The van der Waals surface area contributed by atoms with Crippen molar-refractivity contribution in [3.63, 3.8) is 0 Å². The van der Waals surface area contributed by atoms with E-state index in [0.29, 0.717) is 22.6 Å². The highest BCUT2D eigenvalue weighted by Gasteiger charge is 2.16. The van der Waals surface area contributed by atoms with Crippen molar-refractivity contribution in [3.05, 3.63) is 66.2 Å². The van der Waals surface area contributed by atoms with Gasteiger partial charge in [0.05, 0.1) is 5.75 Å². The maximum atomic E-state index is 12.7. The lowest BCUT2D eigenvalue weighted by Crippen LogP contribution is -2.34. The van der Waals surface area contributed by atoms with Crippen LogP contribution < -0.4 is 11.1 Å². The number of nitrogens with zero attached hydrogens (tertiary/aromatic N) is 3. The molecule has 1 heterocycles. The average Bonchev–Trinajstić information content (AvgIpc) is 3.18. The molecule has 0 bridgehead atoms. The summed E-state index contributed by atoms with van der Waals surface area (Å²) in [5, 5.41) is 12.1. The molecule has 1 aromatic heterocycles. The van der Waals surface area contributed by atoms with Gasteiger partial charge in [-0.2, -0.15) is 0 Å². The second-order valence-electron chi connectivity index (χ2n) is 6.17. The van der Waals surface area contributed by atoms with E-state index in [9.17, 15) is 9.59 Å². The maximum absolute atomic E-state index is 12.7. The summed E-state index contributed by atoms with van der Waals surface area (Å²) in [7, 11) is 0. The van der Waals surface area contributed by atoms with E-state index in [2.05, 4.69) is 15.5 Å². The van der Waals surface area contributed by atoms with Gasteiger partial charge in [0, 0.05) is 25.2 Å². The quantitative estimate of drug-likeness (QED) is 0.482. The molecule has 0 aliphatic carbocycles. The molecule has 0 saturated carbocycles. The molecule has 7 nitrogen and oxygen atoms in total. The topological polar surface area (TPSA) is 101 Å². The van der Waals surface area contributed by atoms with E-state index >= 15 is 0 Å². The number of anilines is 2. The van der Waals surface area contributed by atoms with Gasteiger partial charge >= 0.3 is 0 Å². The van der Waals surface area contributed by atoms with Crippen LogP contribution in [0.3, 0.4) is 0 Å². The smallest absolute Gasteiger partial charge is 0.233 e. The van der Waals surface area contributed by atoms with Gasteiger partial charge in [-0.1, -0.05) is 71.6 Å². The van der Waals surface area contributed by atoms with Crippen LogP contribution in [0.2, 0.25) is 0 Å². The van der Waals surface area contributed by atoms with Gasteiger partial charge in [0.25, 0.3) is 0 Å². The van der Waals surface area contributed by atoms with Gasteiger partial charge in [0.15, 0.2) is 4.34 Å². The molecule has 29 heavy (non-hydrogen) atoms. The van der Waals surface area contributed by atoms with Crippen molar-refractivity contribution < 1.29 is 9.59 Å². The van der Waals surface area contributed by atoms with Gasteiger partial charge in [0.1, 0.15) is 0 Å². The Kier molecular flexibility index (Phi) is 7.60. The van der Waals surface area contributed by atoms with Crippen molar-refractivity contribution in [2.24, 2.45) is 5.73 Å². The zero-order valence-electron chi connectivity index (χ0n) is 15.7. The van der Waals surface area contributed by atoms with Crippen LogP contribution in [0.25, 0.3) is 0 Å². The second kappa shape index (κ2) is 10.6. The number of thioether (sulfide) groups is 1. The number of nitrogens with one attached hydrogen (secondary N) is 1. The van der Waals surface area contributed by atoms with Crippen LogP contribution in [0, 0.1) is 0 Å². The Labute approximate surface area is 177 Å². The van der Waals surface area contributed by atoms with Crippen LogP contribution in [0.15, 0.2) is 65.0 Å². The normalized spacial score (nSPS) is 10.5. The lowest BCUT2D eigenvalue weighted by molar-refractivity contribution is -0.129. The first-order valence-electron chi connectivity index (χ1n) is 8.98. The van der Waals surface area contributed by atoms with Gasteiger partial charge in [-0.15, -0.1) is 10.2 Å². The Hall–Kier alpha value is -2.91. The molecule has 3 rings (SSSR count). The van der Waals surface area contributed by atoms with Crippen molar-refractivity contribution in [1.29, 1.82) is 0 Å². The predicted molar refractivity (Wildman–Crippen MR) is 116 cm³/mol. The van der Waals surface area contributed by atoms with Crippen LogP contribution in [-0.4, -0.2) is 39.2 Å². The average molecular weight is 428 g/mol. The molecule has 0 unspecified atom stereocenters. The van der Waals surface area contributed by atoms with Crippen molar-refractivity contribution in [2.75, 3.05) is 17.6 Å². The Balaban J connectivity index is 1.56. The summed E-state index contributed by atoms with van der Waals surface area (Å²) in [6, 6.07) is 19.4. The van der Waals surface area contributed by atoms with Gasteiger partial charge in [-0.3, -0.25) is 9.59 Å². The van der Waals surface area contributed by atoms with Crippen molar-refractivity contribution in [2.45, 2.75) is 17.3 Å². The molecular weight excluding hydrogens is 406 g/mol. The molecule has 0 aliphatic rings. The number of nitrogens with two attached hydrogens (primary N) is 1. The predicted octanol–water partition coefficient (Wildman–Crippen LogP) is 3.28. The first kappa shape index (κ1) is 20.8. The molecule has 2 amide bonds. The van der Waals surface area contributed by atoms with Crippen LogP contribution >= 0.6 is 23.1 Å². The number of primary amides is 1. The molecule has 9 heteroatoms. The largest absolute Gasteiger partial charge is 0.370 e. The summed E-state index contributed by atoms with van der Waals surface area (Å²) in [6.45, 7) is 0.727. The van der Waals surface area contributed by atoms with Crippen LogP contribution in [0.1, 0.15) is 12.0 Å². The van der Waals surface area contributed by atoms with Crippen LogP contribution in [0.5, 0.6) is 0 Å². The van der Waals surface area contributed by atoms with Crippen LogP contribution in [0.4, 0.5) is 10.8 Å². The molecule has 2 aromatic carbocycles. The SMILES string of the molecule is NC(=O)CCN(Cc1ccccc1)C(=O)CSc1nnc(Nc2ccccc2)s1. The number of carbonyl (C=O) groups is 2. The highest BCUT2D eigenvalue weighted by Crippen LogP contribution is 2.27. The third-order valence-electron chi connectivity index (χ3n) is 3.95. The third kappa shape index (κ3) is 6.88. The van der Waals surface area contributed by atoms with E-state index in [1.54, 1.807) is 4.90 Å². The molecular formula is C20H21N5O2S2. The standard InChI is InChI=1S/C20H21N5O2S2/c21-17(26)11-12-25(13-15-7-3-1-4-8-15)18(27)14-28-20-24-23-19(29-20)22-16-9-5-2-6-10-16/h1-10H,11-14H2,(H2,21,26)(H,22,23). The van der Waals surface area contributed by atoms with E-state index in [0.717, 1.165) is 11.3 Å². The fraction of sp³-hybridized carbons (Fsp3) is 0.200. The van der Waals surface area contributed by atoms with Crippen molar-refractivity contribution in [3.8, 4) is 0 Å². The minimum Gasteiger partial charge on any atom is -0.370 e. The van der Waals surface area contributed by atoms with Crippen molar-refractivity contribution >= 4 is 45.7 Å². The lowest BCUT2D eigenvalue weighted by Gasteiger charge is -2.22. The number of aromatic nitrogens is 2. The van der Waals surface area contributed by atoms with Crippen LogP contribution in [-0.2, 0) is 16.1 Å². The number of amides is 2. The van der Waals surface area contributed by atoms with E-state index in [1.165, 1.54) is 23.1 Å². The Morgan fingerprint density at radius 2 is 1.72 bits per heavy atom. The Morgan fingerprint density at radius 3 is 2.41 bits per heavy atom. The molecule has 0 radical (unpaired) electrons. The monoisotopic (exact) mass is 427 g/mol. The Morgan fingerprint density at radius 1 is 1.03 bits per heavy atom. The van der Waals surface area contributed by atoms with E-state index in [-0.39, 0.29) is 18.1 Å². The number of carbonyl (C=O) groups excluding carboxylic acids is 2. The first-order valence-corrected chi connectivity index (χ1v) is 10.8. The first-order chi connectivity index (χ1) is 14.1. The summed E-state index contributed by atoms with van der Waals surface area (Å²) in [6.07, 6.45) is 0.132. The summed E-state index contributed by atoms with van der Waals surface area (Å²) >= 11 is 2.72. The molecule has 0 saturated heterocycles. The van der Waals surface area contributed by atoms with E-state index < -0.39 is 5.91 Å². The fourth-order valence-electron chi connectivity index (χ4n) is 2.52. The number of para-hydroxylation sites is 1.